The van der Waals surface area contributed by atoms with Gasteiger partial charge in [0.05, 0.1) is 0 Å². The van der Waals surface area contributed by atoms with E-state index in [-0.39, 0.29) is 0 Å². The number of hydrogen-bond acceptors (Lipinski definition) is 4. The van der Waals surface area contributed by atoms with Crippen molar-refractivity contribution in [3.05, 3.63) is 40.9 Å². The number of ether oxygens (including phenoxy) is 3. The average molecular weight is 287 g/mol. The van der Waals surface area contributed by atoms with Gasteiger partial charge in [-0.3, -0.25) is 4.79 Å². The highest BCUT2D eigenvalue weighted by molar-refractivity contribution is 6.30. The van der Waals surface area contributed by atoms with Gasteiger partial charge in [0.25, 0.3) is 6.47 Å². The number of carbonyl (C=O) groups is 1. The average Bonchev–Trinajstić information content (AvgIpc) is 2.29. The molecule has 0 N–H and O–H groups in total. The second-order valence-corrected chi connectivity index (χ2v) is 4.38. The monoisotopic (exact) mass is 286 g/mol. The molecule has 1 rings (SSSR count). The molecule has 1 aromatic rings. The van der Waals surface area contributed by atoms with Crippen molar-refractivity contribution in [3.8, 4) is 5.75 Å². The lowest BCUT2D eigenvalue weighted by molar-refractivity contribution is -0.120. The van der Waals surface area contributed by atoms with Crippen LogP contribution in [0.5, 0.6) is 5.75 Å². The Morgan fingerprint density at radius 2 is 1.79 bits per heavy atom. The highest BCUT2D eigenvalue weighted by Crippen LogP contribution is 2.26. The molecule has 0 saturated carbocycles. The van der Waals surface area contributed by atoms with Crippen molar-refractivity contribution < 1.29 is 19.0 Å². The third-order valence-electron chi connectivity index (χ3n) is 1.78. The SMILES string of the molecule is C=C(C)C.COC(OC)c1cc(Cl)cc(OC=O)c1. The van der Waals surface area contributed by atoms with Crippen LogP contribution in [-0.2, 0) is 14.3 Å². The number of hydrogen-bond donors (Lipinski definition) is 0. The minimum atomic E-state index is -0.530. The summed E-state index contributed by atoms with van der Waals surface area (Å²) in [6, 6.07) is 4.83. The summed E-state index contributed by atoms with van der Waals surface area (Å²) in [5, 5.41) is 0.448. The van der Waals surface area contributed by atoms with Crippen LogP contribution >= 0.6 is 11.6 Å². The highest BCUT2D eigenvalue weighted by atomic mass is 35.5. The molecule has 0 radical (unpaired) electrons. The van der Waals surface area contributed by atoms with Crippen LogP contribution in [0.15, 0.2) is 30.4 Å². The van der Waals surface area contributed by atoms with E-state index < -0.39 is 6.29 Å². The lowest BCUT2D eigenvalue weighted by Gasteiger charge is -2.14. The van der Waals surface area contributed by atoms with Crippen LogP contribution in [0, 0.1) is 0 Å². The van der Waals surface area contributed by atoms with Gasteiger partial charge in [-0.2, -0.15) is 0 Å². The second-order valence-electron chi connectivity index (χ2n) is 3.94. The lowest BCUT2D eigenvalue weighted by Crippen LogP contribution is -2.04. The van der Waals surface area contributed by atoms with Gasteiger partial charge in [-0.1, -0.05) is 17.2 Å². The minimum Gasteiger partial charge on any atom is -0.429 e. The molecule has 1 aromatic carbocycles. The van der Waals surface area contributed by atoms with E-state index in [2.05, 4.69) is 6.58 Å². The smallest absolute Gasteiger partial charge is 0.298 e. The second kappa shape index (κ2) is 9.55. The number of methoxy groups -OCH3 is 2. The fraction of sp³-hybridized carbons (Fsp3) is 0.357. The van der Waals surface area contributed by atoms with Crippen LogP contribution in [-0.4, -0.2) is 20.7 Å². The Morgan fingerprint density at radius 3 is 2.21 bits per heavy atom. The first kappa shape index (κ1) is 17.6. The summed E-state index contributed by atoms with van der Waals surface area (Å²) >= 11 is 5.84. The molecule has 0 aromatic heterocycles. The maximum atomic E-state index is 10.2. The summed E-state index contributed by atoms with van der Waals surface area (Å²) < 4.78 is 14.8. The van der Waals surface area contributed by atoms with E-state index in [0.29, 0.717) is 22.8 Å². The Bertz CT molecular complexity index is 410. The quantitative estimate of drug-likeness (QED) is 0.470. The number of halogens is 1. The molecule has 0 aliphatic heterocycles. The van der Waals surface area contributed by atoms with Crippen molar-refractivity contribution in [3.63, 3.8) is 0 Å². The summed E-state index contributed by atoms with van der Waals surface area (Å²) in [5.74, 6) is 0.353. The molecule has 0 fully saturated rings. The molecule has 0 heterocycles. The Kier molecular flexibility index (Phi) is 8.87. The Balaban J connectivity index is 0.000000711. The van der Waals surface area contributed by atoms with Crippen LogP contribution in [0.4, 0.5) is 0 Å². The molecule has 0 saturated heterocycles. The van der Waals surface area contributed by atoms with E-state index in [1.54, 1.807) is 12.1 Å². The molecule has 0 aliphatic carbocycles. The third kappa shape index (κ3) is 7.62. The van der Waals surface area contributed by atoms with Crippen LogP contribution in [0.1, 0.15) is 25.7 Å². The van der Waals surface area contributed by atoms with Gasteiger partial charge in [0.2, 0.25) is 0 Å². The van der Waals surface area contributed by atoms with Gasteiger partial charge in [-0.05, 0) is 32.0 Å². The van der Waals surface area contributed by atoms with Gasteiger partial charge in [0, 0.05) is 24.8 Å². The van der Waals surface area contributed by atoms with Gasteiger partial charge >= 0.3 is 0 Å². The van der Waals surface area contributed by atoms with Crippen molar-refractivity contribution >= 4 is 18.1 Å². The van der Waals surface area contributed by atoms with E-state index in [1.807, 2.05) is 13.8 Å². The van der Waals surface area contributed by atoms with E-state index in [4.69, 9.17) is 25.8 Å². The minimum absolute atomic E-state index is 0.337. The van der Waals surface area contributed by atoms with Crippen LogP contribution in [0.3, 0.4) is 0 Å². The molecule has 0 unspecified atom stereocenters. The maximum absolute atomic E-state index is 10.2. The first-order valence-electron chi connectivity index (χ1n) is 5.53. The largest absolute Gasteiger partial charge is 0.429 e. The van der Waals surface area contributed by atoms with Gasteiger partial charge in [-0.25, -0.2) is 0 Å². The molecule has 4 nitrogen and oxygen atoms in total. The number of benzene rings is 1. The normalized spacial score (nSPS) is 9.58. The van der Waals surface area contributed by atoms with Crippen molar-refractivity contribution in [1.82, 2.24) is 0 Å². The van der Waals surface area contributed by atoms with Crippen molar-refractivity contribution in [2.24, 2.45) is 0 Å². The Hall–Kier alpha value is -1.36. The number of carbonyl (C=O) groups excluding carboxylic acids is 1. The van der Waals surface area contributed by atoms with Gasteiger partial charge in [0.15, 0.2) is 6.29 Å². The molecule has 106 valence electrons. The maximum Gasteiger partial charge on any atom is 0.298 e. The summed E-state index contributed by atoms with van der Waals surface area (Å²) in [7, 11) is 3.02. The van der Waals surface area contributed by atoms with E-state index in [9.17, 15) is 4.79 Å². The van der Waals surface area contributed by atoms with Gasteiger partial charge in [-0.15, -0.1) is 6.58 Å². The molecule has 19 heavy (non-hydrogen) atoms. The summed E-state index contributed by atoms with van der Waals surface area (Å²) in [5.41, 5.74) is 1.85. The Labute approximate surface area is 118 Å². The van der Waals surface area contributed by atoms with Crippen LogP contribution < -0.4 is 4.74 Å². The first-order valence-corrected chi connectivity index (χ1v) is 5.90. The third-order valence-corrected chi connectivity index (χ3v) is 2.00. The fourth-order valence-electron chi connectivity index (χ4n) is 1.21. The highest BCUT2D eigenvalue weighted by Gasteiger charge is 2.11. The molecule has 0 aliphatic rings. The zero-order chi connectivity index (χ0) is 14.8. The fourth-order valence-corrected chi connectivity index (χ4v) is 1.45. The number of allylic oxidation sites excluding steroid dienone is 1. The van der Waals surface area contributed by atoms with Crippen molar-refractivity contribution in [2.45, 2.75) is 20.1 Å². The van der Waals surface area contributed by atoms with Crippen LogP contribution in [0.25, 0.3) is 0 Å². The van der Waals surface area contributed by atoms with Crippen molar-refractivity contribution in [2.75, 3.05) is 14.2 Å². The topological polar surface area (TPSA) is 44.8 Å². The van der Waals surface area contributed by atoms with E-state index in [0.717, 1.165) is 0 Å². The summed E-state index contributed by atoms with van der Waals surface area (Å²) in [6.45, 7) is 7.84. The zero-order valence-corrected chi connectivity index (χ0v) is 12.4. The Morgan fingerprint density at radius 1 is 1.26 bits per heavy atom. The molecule has 5 heteroatoms. The molecule has 0 atom stereocenters. The summed E-state index contributed by atoms with van der Waals surface area (Å²) in [4.78, 5) is 10.2. The predicted molar refractivity (Wildman–Crippen MR) is 75.4 cm³/mol. The first-order chi connectivity index (χ1) is 8.94. The molecule has 0 bridgehead atoms. The molecular weight excluding hydrogens is 268 g/mol. The molecular formula is C14H19ClO4. The lowest BCUT2D eigenvalue weighted by atomic mass is 10.2. The van der Waals surface area contributed by atoms with Gasteiger partial charge < -0.3 is 14.2 Å². The number of rotatable bonds is 5. The van der Waals surface area contributed by atoms with Crippen LogP contribution in [0.2, 0.25) is 5.02 Å². The van der Waals surface area contributed by atoms with Crippen molar-refractivity contribution in [1.29, 1.82) is 0 Å². The molecule has 0 spiro atoms. The van der Waals surface area contributed by atoms with E-state index in [1.165, 1.54) is 25.9 Å². The standard InChI is InChI=1S/C10H11ClO4.C4H8/c1-13-10(14-2)7-3-8(11)5-9(4-7)15-6-12;1-4(2)3/h3-6,10H,1-2H3;1H2,2-3H3. The molecule has 0 amide bonds. The zero-order valence-electron chi connectivity index (χ0n) is 11.6. The predicted octanol–water partition coefficient (Wildman–Crippen LogP) is 3.75. The van der Waals surface area contributed by atoms with E-state index >= 15 is 0 Å². The summed E-state index contributed by atoms with van der Waals surface area (Å²) in [6.07, 6.45) is -0.530. The van der Waals surface area contributed by atoms with Gasteiger partial charge in [0.1, 0.15) is 5.75 Å².